The molecule has 10 heteroatoms. The Morgan fingerprint density at radius 1 is 1.23 bits per heavy atom. The van der Waals surface area contributed by atoms with Gasteiger partial charge in [0.2, 0.25) is 5.91 Å². The van der Waals surface area contributed by atoms with Gasteiger partial charge in [-0.3, -0.25) is 14.3 Å². The first-order valence-electron chi connectivity index (χ1n) is 9.55. The van der Waals surface area contributed by atoms with Gasteiger partial charge in [0.1, 0.15) is 17.2 Å². The molecule has 1 aliphatic rings. The minimum Gasteiger partial charge on any atom is -0.508 e. The Bertz CT molecular complexity index is 1100. The lowest BCUT2D eigenvalue weighted by Crippen LogP contribution is -2.43. The molecule has 1 saturated heterocycles. The van der Waals surface area contributed by atoms with Crippen LogP contribution in [0.25, 0.3) is 0 Å². The average Bonchev–Trinajstić information content (AvgIpc) is 3.30. The molecular weight excluding hydrogens is 404 g/mol. The van der Waals surface area contributed by atoms with E-state index < -0.39 is 0 Å². The highest BCUT2D eigenvalue weighted by molar-refractivity contribution is 7.17. The molecular formula is C20H22N6O3S. The van der Waals surface area contributed by atoms with Gasteiger partial charge >= 0.3 is 0 Å². The van der Waals surface area contributed by atoms with Gasteiger partial charge in [0.05, 0.1) is 11.9 Å². The number of nitrogens with zero attached hydrogens (tertiary/aromatic N) is 4. The molecule has 3 heterocycles. The van der Waals surface area contributed by atoms with Crippen LogP contribution in [0.1, 0.15) is 27.2 Å². The number of hydrogen-bond donors (Lipinski definition) is 3. The number of hydrogen-bond acceptors (Lipinski definition) is 7. The van der Waals surface area contributed by atoms with Crippen LogP contribution in [-0.2, 0) is 11.3 Å². The first-order valence-corrected chi connectivity index (χ1v) is 10.4. The zero-order valence-electron chi connectivity index (χ0n) is 16.7. The number of benzene rings is 1. The van der Waals surface area contributed by atoms with E-state index in [0.717, 1.165) is 25.1 Å². The zero-order chi connectivity index (χ0) is 21.3. The summed E-state index contributed by atoms with van der Waals surface area (Å²) >= 11 is 1.19. The molecule has 1 fully saturated rings. The summed E-state index contributed by atoms with van der Waals surface area (Å²) in [4.78, 5) is 31.1. The van der Waals surface area contributed by atoms with E-state index in [-0.39, 0.29) is 24.1 Å². The van der Waals surface area contributed by atoms with Crippen LogP contribution in [0.5, 0.6) is 5.75 Å². The lowest BCUT2D eigenvalue weighted by atomic mass is 10.1. The van der Waals surface area contributed by atoms with Crippen molar-refractivity contribution >= 4 is 39.8 Å². The fourth-order valence-corrected chi connectivity index (χ4v) is 3.79. The number of likely N-dealkylation sites (tertiary alicyclic amines) is 1. The van der Waals surface area contributed by atoms with Crippen molar-refractivity contribution in [1.29, 1.82) is 0 Å². The van der Waals surface area contributed by atoms with Gasteiger partial charge in [0.15, 0.2) is 10.9 Å². The summed E-state index contributed by atoms with van der Waals surface area (Å²) in [5, 5.41) is 20.6. The van der Waals surface area contributed by atoms with Gasteiger partial charge in [-0.25, -0.2) is 4.98 Å². The molecule has 0 spiro atoms. The SMILES string of the molecule is Cc1ccc(O)c(C)c1NC(=O)c1cnc(Nc2ccn(CC(=O)N3CCC3)n2)s1. The second kappa shape index (κ2) is 8.15. The van der Waals surface area contributed by atoms with E-state index in [4.69, 9.17) is 0 Å². The lowest BCUT2D eigenvalue weighted by Gasteiger charge is -2.30. The zero-order valence-corrected chi connectivity index (χ0v) is 17.5. The largest absolute Gasteiger partial charge is 0.508 e. The molecule has 9 nitrogen and oxygen atoms in total. The van der Waals surface area contributed by atoms with Gasteiger partial charge in [0, 0.05) is 30.9 Å². The number of phenols is 1. The number of carbonyl (C=O) groups excluding carboxylic acids is 2. The molecule has 0 radical (unpaired) electrons. The normalized spacial score (nSPS) is 13.1. The Morgan fingerprint density at radius 3 is 2.77 bits per heavy atom. The van der Waals surface area contributed by atoms with Crippen molar-refractivity contribution in [3.05, 3.63) is 46.6 Å². The van der Waals surface area contributed by atoms with Crippen LogP contribution in [0.2, 0.25) is 0 Å². The van der Waals surface area contributed by atoms with Crippen molar-refractivity contribution < 1.29 is 14.7 Å². The maximum absolute atomic E-state index is 12.6. The summed E-state index contributed by atoms with van der Waals surface area (Å²) < 4.78 is 1.58. The number of aryl methyl sites for hydroxylation is 1. The summed E-state index contributed by atoms with van der Waals surface area (Å²) in [6.45, 7) is 5.45. The Morgan fingerprint density at radius 2 is 2.03 bits per heavy atom. The third-order valence-corrected chi connectivity index (χ3v) is 5.91. The number of amides is 2. The molecule has 3 N–H and O–H groups in total. The summed E-state index contributed by atoms with van der Waals surface area (Å²) in [5.41, 5.74) is 2.07. The van der Waals surface area contributed by atoms with E-state index in [0.29, 0.717) is 27.1 Å². The number of carbonyl (C=O) groups is 2. The van der Waals surface area contributed by atoms with Crippen LogP contribution in [-0.4, -0.2) is 49.7 Å². The molecule has 0 atom stereocenters. The first kappa shape index (κ1) is 19.9. The van der Waals surface area contributed by atoms with Gasteiger partial charge < -0.3 is 20.6 Å². The van der Waals surface area contributed by atoms with Crippen molar-refractivity contribution in [2.24, 2.45) is 0 Å². The van der Waals surface area contributed by atoms with E-state index in [1.54, 1.807) is 40.9 Å². The second-order valence-electron chi connectivity index (χ2n) is 7.14. The predicted molar refractivity (Wildman–Crippen MR) is 114 cm³/mol. The molecule has 0 unspecified atom stereocenters. The van der Waals surface area contributed by atoms with E-state index >= 15 is 0 Å². The van der Waals surface area contributed by atoms with Crippen molar-refractivity contribution in [2.45, 2.75) is 26.8 Å². The number of aromatic hydroxyl groups is 1. The molecule has 0 bridgehead atoms. The number of aromatic nitrogens is 3. The van der Waals surface area contributed by atoms with Crippen molar-refractivity contribution in [3.8, 4) is 5.75 Å². The minimum absolute atomic E-state index is 0.0571. The van der Waals surface area contributed by atoms with Crippen LogP contribution < -0.4 is 10.6 Å². The fourth-order valence-electron chi connectivity index (χ4n) is 3.07. The highest BCUT2D eigenvalue weighted by atomic mass is 32.1. The smallest absolute Gasteiger partial charge is 0.267 e. The number of rotatable bonds is 6. The number of nitrogens with one attached hydrogen (secondary N) is 2. The molecule has 1 aromatic carbocycles. The fraction of sp³-hybridized carbons (Fsp3) is 0.300. The number of anilines is 3. The monoisotopic (exact) mass is 426 g/mol. The average molecular weight is 427 g/mol. The van der Waals surface area contributed by atoms with Crippen LogP contribution in [0.3, 0.4) is 0 Å². The molecule has 4 rings (SSSR count). The third-order valence-electron chi connectivity index (χ3n) is 4.99. The summed E-state index contributed by atoms with van der Waals surface area (Å²) in [7, 11) is 0. The van der Waals surface area contributed by atoms with E-state index in [1.807, 2.05) is 6.92 Å². The molecule has 3 aromatic rings. The van der Waals surface area contributed by atoms with Crippen LogP contribution in [0.4, 0.5) is 16.6 Å². The standard InChI is InChI=1S/C20H22N6O3S/c1-12-4-5-14(27)13(2)18(12)23-19(29)15-10-21-20(30-15)22-16-6-9-26(24-16)11-17(28)25-7-3-8-25/h4-6,9-10,27H,3,7-8,11H2,1-2H3,(H,23,29)(H,21,22,24). The van der Waals surface area contributed by atoms with Gasteiger partial charge in [-0.05, 0) is 31.9 Å². The Balaban J connectivity index is 1.39. The predicted octanol–water partition coefficient (Wildman–Crippen LogP) is 2.89. The van der Waals surface area contributed by atoms with Gasteiger partial charge in [-0.1, -0.05) is 17.4 Å². The van der Waals surface area contributed by atoms with Gasteiger partial charge in [-0.15, -0.1) is 0 Å². The quantitative estimate of drug-likeness (QED) is 0.559. The van der Waals surface area contributed by atoms with Crippen molar-refractivity contribution in [1.82, 2.24) is 19.7 Å². The highest BCUT2D eigenvalue weighted by Crippen LogP contribution is 2.29. The van der Waals surface area contributed by atoms with Crippen LogP contribution in [0, 0.1) is 13.8 Å². The van der Waals surface area contributed by atoms with Crippen molar-refractivity contribution in [3.63, 3.8) is 0 Å². The highest BCUT2D eigenvalue weighted by Gasteiger charge is 2.20. The lowest BCUT2D eigenvalue weighted by molar-refractivity contribution is -0.135. The molecule has 2 aromatic heterocycles. The van der Waals surface area contributed by atoms with E-state index in [9.17, 15) is 14.7 Å². The molecule has 1 aliphatic heterocycles. The third kappa shape index (κ3) is 4.13. The molecule has 0 saturated carbocycles. The Kier molecular flexibility index (Phi) is 5.40. The summed E-state index contributed by atoms with van der Waals surface area (Å²) in [5.74, 6) is 0.433. The van der Waals surface area contributed by atoms with Gasteiger partial charge in [0.25, 0.3) is 5.91 Å². The first-order chi connectivity index (χ1) is 14.4. The van der Waals surface area contributed by atoms with Gasteiger partial charge in [-0.2, -0.15) is 5.10 Å². The molecule has 30 heavy (non-hydrogen) atoms. The molecule has 2 amide bonds. The van der Waals surface area contributed by atoms with E-state index in [1.165, 1.54) is 17.5 Å². The molecule has 156 valence electrons. The van der Waals surface area contributed by atoms with Crippen molar-refractivity contribution in [2.75, 3.05) is 23.7 Å². The Labute approximate surface area is 177 Å². The minimum atomic E-state index is -0.303. The Hall–Kier alpha value is -3.40. The maximum Gasteiger partial charge on any atom is 0.267 e. The molecule has 0 aliphatic carbocycles. The summed E-state index contributed by atoms with van der Waals surface area (Å²) in [6, 6.07) is 5.11. The van der Waals surface area contributed by atoms with Crippen LogP contribution in [0.15, 0.2) is 30.6 Å². The number of phenolic OH excluding ortho intramolecular Hbond substituents is 1. The van der Waals surface area contributed by atoms with E-state index in [2.05, 4.69) is 20.7 Å². The second-order valence-corrected chi connectivity index (χ2v) is 8.17. The summed E-state index contributed by atoms with van der Waals surface area (Å²) in [6.07, 6.45) is 4.27. The number of thiazole rings is 1. The van der Waals surface area contributed by atoms with Crippen LogP contribution >= 0.6 is 11.3 Å². The topological polar surface area (TPSA) is 112 Å². The maximum atomic E-state index is 12.6.